The fraction of sp³-hybridized carbons (Fsp3) is 0.290. The first-order valence-corrected chi connectivity index (χ1v) is 13.7. The highest BCUT2D eigenvalue weighted by Gasteiger charge is 2.27. The second kappa shape index (κ2) is 11.6. The van der Waals surface area contributed by atoms with E-state index in [9.17, 15) is 0 Å². The summed E-state index contributed by atoms with van der Waals surface area (Å²) in [7, 11) is 2.20. The topological polar surface area (TPSA) is 41.0 Å². The van der Waals surface area contributed by atoms with Crippen molar-refractivity contribution in [3.63, 3.8) is 0 Å². The second-order valence-corrected chi connectivity index (χ2v) is 10.6. The van der Waals surface area contributed by atoms with E-state index in [1.165, 1.54) is 24.0 Å². The van der Waals surface area contributed by atoms with Crippen LogP contribution in [0.4, 0.5) is 11.6 Å². The normalized spacial score (nSPS) is 14.4. The van der Waals surface area contributed by atoms with Gasteiger partial charge in [0.25, 0.3) is 0 Å². The van der Waals surface area contributed by atoms with Crippen LogP contribution < -0.4 is 5.32 Å². The standard InChI is InChI=1S/C31H32Cl2N4/c1-3-4-16-37(2)17-15-21-9-12-24(13-10-21)35-31-34-20-23-18-27(22-11-14-28(32)29(33)19-22)25-7-5-6-8-26(25)30(23)36-31/h5-14,19-20,27H,3-4,15-18H2,1-2H3,(H,34,35,36)/t27-/m0/s1. The molecule has 0 amide bonds. The van der Waals surface area contributed by atoms with Gasteiger partial charge in [0.1, 0.15) is 0 Å². The molecule has 4 aromatic rings. The molecule has 0 bridgehead atoms. The van der Waals surface area contributed by atoms with Gasteiger partial charge in [0.05, 0.1) is 15.7 Å². The van der Waals surface area contributed by atoms with Crippen molar-refractivity contribution < 1.29 is 0 Å². The van der Waals surface area contributed by atoms with Crippen molar-refractivity contribution in [1.82, 2.24) is 14.9 Å². The summed E-state index contributed by atoms with van der Waals surface area (Å²) in [5, 5.41) is 4.54. The van der Waals surface area contributed by atoms with Crippen molar-refractivity contribution >= 4 is 34.8 Å². The van der Waals surface area contributed by atoms with Crippen LogP contribution in [0.15, 0.2) is 72.9 Å². The highest BCUT2D eigenvalue weighted by molar-refractivity contribution is 6.42. The van der Waals surface area contributed by atoms with Crippen molar-refractivity contribution in [1.29, 1.82) is 0 Å². The molecule has 0 aliphatic heterocycles. The number of nitrogens with one attached hydrogen (secondary N) is 1. The summed E-state index contributed by atoms with van der Waals surface area (Å²) in [5.41, 5.74) is 7.95. The number of rotatable bonds is 9. The molecule has 0 fully saturated rings. The molecule has 1 aliphatic rings. The zero-order chi connectivity index (χ0) is 25.8. The van der Waals surface area contributed by atoms with E-state index in [1.807, 2.05) is 18.3 Å². The lowest BCUT2D eigenvalue weighted by Gasteiger charge is -2.27. The van der Waals surface area contributed by atoms with E-state index in [1.54, 1.807) is 0 Å². The monoisotopic (exact) mass is 530 g/mol. The van der Waals surface area contributed by atoms with Gasteiger partial charge in [-0.15, -0.1) is 0 Å². The number of hydrogen-bond donors (Lipinski definition) is 1. The molecule has 0 radical (unpaired) electrons. The van der Waals surface area contributed by atoms with Crippen LogP contribution in [0.1, 0.15) is 47.9 Å². The van der Waals surface area contributed by atoms with Gasteiger partial charge in [-0.05, 0) is 79.4 Å². The first-order chi connectivity index (χ1) is 18.0. The van der Waals surface area contributed by atoms with Gasteiger partial charge in [0.15, 0.2) is 0 Å². The molecule has 1 atom stereocenters. The van der Waals surface area contributed by atoms with E-state index in [4.69, 9.17) is 28.2 Å². The lowest BCUT2D eigenvalue weighted by Crippen LogP contribution is -2.22. The Morgan fingerprint density at radius 3 is 2.57 bits per heavy atom. The summed E-state index contributed by atoms with van der Waals surface area (Å²) in [6, 6.07) is 23.0. The fourth-order valence-corrected chi connectivity index (χ4v) is 5.27. The van der Waals surface area contributed by atoms with Crippen molar-refractivity contribution in [2.24, 2.45) is 0 Å². The van der Waals surface area contributed by atoms with Gasteiger partial charge in [-0.1, -0.05) is 79.0 Å². The van der Waals surface area contributed by atoms with Crippen LogP contribution in [0.2, 0.25) is 10.0 Å². The van der Waals surface area contributed by atoms with Gasteiger partial charge in [0, 0.05) is 29.9 Å². The molecule has 0 spiro atoms. The maximum atomic E-state index is 6.35. The molecule has 4 nitrogen and oxygen atoms in total. The van der Waals surface area contributed by atoms with Gasteiger partial charge in [-0.3, -0.25) is 0 Å². The van der Waals surface area contributed by atoms with E-state index in [2.05, 4.69) is 83.8 Å². The molecule has 6 heteroatoms. The van der Waals surface area contributed by atoms with Crippen LogP contribution in [-0.2, 0) is 12.8 Å². The van der Waals surface area contributed by atoms with Crippen molar-refractivity contribution in [2.45, 2.75) is 38.5 Å². The van der Waals surface area contributed by atoms with Crippen LogP contribution in [0.5, 0.6) is 0 Å². The second-order valence-electron chi connectivity index (χ2n) is 9.81. The van der Waals surface area contributed by atoms with Crippen molar-refractivity contribution in [3.8, 4) is 11.3 Å². The van der Waals surface area contributed by atoms with E-state index >= 15 is 0 Å². The molecule has 0 saturated heterocycles. The third-order valence-electron chi connectivity index (χ3n) is 7.11. The Labute approximate surface area is 229 Å². The Morgan fingerprint density at radius 1 is 0.973 bits per heavy atom. The van der Waals surface area contributed by atoms with Gasteiger partial charge >= 0.3 is 0 Å². The lowest BCUT2D eigenvalue weighted by molar-refractivity contribution is 0.332. The Bertz CT molecular complexity index is 1370. The third-order valence-corrected chi connectivity index (χ3v) is 7.85. The summed E-state index contributed by atoms with van der Waals surface area (Å²) < 4.78 is 0. The average Bonchev–Trinajstić information content (AvgIpc) is 2.92. The number of likely N-dealkylation sites (N-methyl/N-ethyl adjacent to an activating group) is 1. The number of nitrogens with zero attached hydrogens (tertiary/aromatic N) is 3. The molecule has 0 unspecified atom stereocenters. The van der Waals surface area contributed by atoms with E-state index in [0.717, 1.165) is 54.0 Å². The van der Waals surface area contributed by atoms with E-state index in [-0.39, 0.29) is 5.92 Å². The summed E-state index contributed by atoms with van der Waals surface area (Å²) in [6.07, 6.45) is 6.30. The minimum absolute atomic E-state index is 0.175. The van der Waals surface area contributed by atoms with Gasteiger partial charge in [-0.25, -0.2) is 9.97 Å². The summed E-state index contributed by atoms with van der Waals surface area (Å²) in [4.78, 5) is 12.0. The van der Waals surface area contributed by atoms with Crippen LogP contribution in [0.25, 0.3) is 11.3 Å². The number of benzene rings is 3. The minimum atomic E-state index is 0.175. The largest absolute Gasteiger partial charge is 0.324 e. The Kier molecular flexibility index (Phi) is 8.09. The molecular weight excluding hydrogens is 499 g/mol. The number of aromatic nitrogens is 2. The molecule has 0 saturated carbocycles. The fourth-order valence-electron chi connectivity index (χ4n) is 4.97. The number of halogens is 2. The van der Waals surface area contributed by atoms with Crippen LogP contribution in [-0.4, -0.2) is 35.0 Å². The number of unbranched alkanes of at least 4 members (excludes halogenated alkanes) is 1. The Morgan fingerprint density at radius 2 is 1.78 bits per heavy atom. The minimum Gasteiger partial charge on any atom is -0.324 e. The van der Waals surface area contributed by atoms with Crippen LogP contribution in [0, 0.1) is 0 Å². The third kappa shape index (κ3) is 5.98. The SMILES string of the molecule is CCCCN(C)CCc1ccc(Nc2ncc3c(n2)-c2ccccc2[C@H](c2ccc(Cl)c(Cl)c2)C3)cc1. The Hall–Kier alpha value is -2.92. The molecule has 1 heterocycles. The number of hydrogen-bond acceptors (Lipinski definition) is 4. The number of fused-ring (bicyclic) bond motifs is 3. The molecule has 3 aromatic carbocycles. The van der Waals surface area contributed by atoms with Crippen LogP contribution in [0.3, 0.4) is 0 Å². The highest BCUT2D eigenvalue weighted by atomic mass is 35.5. The van der Waals surface area contributed by atoms with Gasteiger partial charge in [0.2, 0.25) is 5.95 Å². The zero-order valence-electron chi connectivity index (χ0n) is 21.3. The predicted molar refractivity (Wildman–Crippen MR) is 155 cm³/mol. The first kappa shape index (κ1) is 25.7. The van der Waals surface area contributed by atoms with Gasteiger partial charge < -0.3 is 10.2 Å². The summed E-state index contributed by atoms with van der Waals surface area (Å²) in [5.74, 6) is 0.781. The molecule has 1 N–H and O–H groups in total. The molecule has 1 aromatic heterocycles. The average molecular weight is 532 g/mol. The quantitative estimate of drug-likeness (QED) is 0.237. The smallest absolute Gasteiger partial charge is 0.227 e. The zero-order valence-corrected chi connectivity index (χ0v) is 22.9. The maximum absolute atomic E-state index is 6.35. The summed E-state index contributed by atoms with van der Waals surface area (Å²) in [6.45, 7) is 4.46. The van der Waals surface area contributed by atoms with Crippen molar-refractivity contribution in [3.05, 3.63) is 105 Å². The summed E-state index contributed by atoms with van der Waals surface area (Å²) >= 11 is 12.5. The lowest BCUT2D eigenvalue weighted by atomic mass is 9.78. The number of anilines is 2. The first-order valence-electron chi connectivity index (χ1n) is 13.0. The highest BCUT2D eigenvalue weighted by Crippen LogP contribution is 2.43. The Balaban J connectivity index is 1.33. The molecule has 37 heavy (non-hydrogen) atoms. The van der Waals surface area contributed by atoms with E-state index < -0.39 is 0 Å². The van der Waals surface area contributed by atoms with E-state index in [0.29, 0.717) is 16.0 Å². The molecule has 1 aliphatic carbocycles. The van der Waals surface area contributed by atoms with Crippen molar-refractivity contribution in [2.75, 3.05) is 25.5 Å². The molecular formula is C31H32Cl2N4. The maximum Gasteiger partial charge on any atom is 0.227 e. The van der Waals surface area contributed by atoms with Gasteiger partial charge in [-0.2, -0.15) is 0 Å². The molecule has 190 valence electrons. The van der Waals surface area contributed by atoms with Crippen LogP contribution >= 0.6 is 23.2 Å². The predicted octanol–water partition coefficient (Wildman–Crippen LogP) is 8.16. The molecule has 5 rings (SSSR count).